The zero-order chi connectivity index (χ0) is 14.2. The van der Waals surface area contributed by atoms with E-state index in [-0.39, 0.29) is 0 Å². The molecule has 3 heterocycles. The van der Waals surface area contributed by atoms with Crippen molar-refractivity contribution in [1.29, 1.82) is 0 Å². The summed E-state index contributed by atoms with van der Waals surface area (Å²) >= 11 is 1.66. The summed E-state index contributed by atoms with van der Waals surface area (Å²) in [5, 5.41) is 1.17. The fourth-order valence-corrected chi connectivity index (χ4v) is 3.77. The van der Waals surface area contributed by atoms with Crippen molar-refractivity contribution in [2.24, 2.45) is 0 Å². The first-order chi connectivity index (χ1) is 10.3. The lowest BCUT2D eigenvalue weighted by Gasteiger charge is -2.05. The maximum Gasteiger partial charge on any atom is 0.126 e. The molecule has 0 saturated carbocycles. The summed E-state index contributed by atoms with van der Waals surface area (Å²) in [6, 6.07) is 12.7. The molecule has 4 rings (SSSR count). The van der Waals surface area contributed by atoms with Crippen molar-refractivity contribution in [3.8, 4) is 0 Å². The third kappa shape index (κ3) is 2.17. The molecule has 0 amide bonds. The summed E-state index contributed by atoms with van der Waals surface area (Å²) in [6.07, 6.45) is 4.38. The number of nitrogens with zero attached hydrogens (tertiary/aromatic N) is 3. The van der Waals surface area contributed by atoms with Crippen LogP contribution < -0.4 is 0 Å². The lowest BCUT2D eigenvalue weighted by atomic mass is 10.0. The van der Waals surface area contributed by atoms with Gasteiger partial charge in [0.25, 0.3) is 0 Å². The van der Waals surface area contributed by atoms with Gasteiger partial charge in [0.05, 0.1) is 10.2 Å². The Morgan fingerprint density at radius 1 is 1.14 bits per heavy atom. The number of aromatic nitrogens is 3. The summed E-state index contributed by atoms with van der Waals surface area (Å²) in [7, 11) is 0. The highest BCUT2D eigenvalue weighted by Crippen LogP contribution is 2.34. The summed E-state index contributed by atoms with van der Waals surface area (Å²) in [5.74, 6) is 0. The van der Waals surface area contributed by atoms with Gasteiger partial charge in [-0.2, -0.15) is 0 Å². The van der Waals surface area contributed by atoms with E-state index >= 15 is 0 Å². The molecular weight excluding hydrogens is 278 g/mol. The highest BCUT2D eigenvalue weighted by atomic mass is 32.1. The average molecular weight is 291 g/mol. The number of benzene rings is 1. The van der Waals surface area contributed by atoms with E-state index in [0.29, 0.717) is 0 Å². The first-order valence-electron chi connectivity index (χ1n) is 6.84. The Bertz CT molecular complexity index is 929. The van der Waals surface area contributed by atoms with Crippen molar-refractivity contribution < 1.29 is 0 Å². The standard InChI is InChI=1S/C17H13N3S/c1-11-7-13(8-12-5-3-2-4-6-12)15-16-14(9-18-10-19-16)21-17(15)20-11/h2-7,9-10H,8H2,1H3. The summed E-state index contributed by atoms with van der Waals surface area (Å²) < 4.78 is 1.10. The molecule has 102 valence electrons. The van der Waals surface area contributed by atoms with E-state index < -0.39 is 0 Å². The van der Waals surface area contributed by atoms with Crippen LogP contribution in [0.15, 0.2) is 48.9 Å². The van der Waals surface area contributed by atoms with Crippen LogP contribution in [-0.2, 0) is 6.42 Å². The Labute approximate surface area is 126 Å². The maximum absolute atomic E-state index is 4.67. The Morgan fingerprint density at radius 2 is 2.00 bits per heavy atom. The molecule has 21 heavy (non-hydrogen) atoms. The second-order valence-corrected chi connectivity index (χ2v) is 6.13. The molecule has 0 fully saturated rings. The van der Waals surface area contributed by atoms with Gasteiger partial charge in [-0.05, 0) is 30.5 Å². The molecule has 4 heteroatoms. The van der Waals surface area contributed by atoms with Gasteiger partial charge < -0.3 is 0 Å². The molecule has 0 aliphatic rings. The predicted molar refractivity (Wildman–Crippen MR) is 86.7 cm³/mol. The molecule has 1 aromatic carbocycles. The van der Waals surface area contributed by atoms with Crippen molar-refractivity contribution >= 4 is 31.8 Å². The zero-order valence-electron chi connectivity index (χ0n) is 11.6. The van der Waals surface area contributed by atoms with Crippen LogP contribution in [-0.4, -0.2) is 15.0 Å². The number of rotatable bonds is 2. The smallest absolute Gasteiger partial charge is 0.126 e. The SMILES string of the molecule is Cc1cc(Cc2ccccc2)c2c(n1)sc1cncnc12. The molecule has 3 aromatic heterocycles. The Balaban J connectivity index is 1.98. The monoisotopic (exact) mass is 291 g/mol. The molecule has 0 spiro atoms. The van der Waals surface area contributed by atoms with Crippen molar-refractivity contribution in [1.82, 2.24) is 15.0 Å². The van der Waals surface area contributed by atoms with Crippen molar-refractivity contribution in [3.63, 3.8) is 0 Å². The highest BCUT2D eigenvalue weighted by molar-refractivity contribution is 7.25. The van der Waals surface area contributed by atoms with Gasteiger partial charge in [-0.1, -0.05) is 30.3 Å². The van der Waals surface area contributed by atoms with E-state index in [0.717, 1.165) is 27.2 Å². The second kappa shape index (κ2) is 4.90. The first kappa shape index (κ1) is 12.4. The second-order valence-electron chi connectivity index (χ2n) is 5.10. The molecular formula is C17H13N3S. The normalized spacial score (nSPS) is 11.3. The lowest BCUT2D eigenvalue weighted by molar-refractivity contribution is 1.17. The molecule has 0 bridgehead atoms. The lowest BCUT2D eigenvalue weighted by Crippen LogP contribution is -1.92. The first-order valence-corrected chi connectivity index (χ1v) is 7.65. The quantitative estimate of drug-likeness (QED) is 0.557. The van der Waals surface area contributed by atoms with Crippen molar-refractivity contribution in [2.75, 3.05) is 0 Å². The number of thiophene rings is 1. The molecule has 0 atom stereocenters. The molecule has 0 N–H and O–H groups in total. The maximum atomic E-state index is 4.67. The number of hydrogen-bond acceptors (Lipinski definition) is 4. The molecule has 0 unspecified atom stereocenters. The number of aryl methyl sites for hydroxylation is 1. The molecule has 4 aromatic rings. The third-order valence-electron chi connectivity index (χ3n) is 3.56. The van der Waals surface area contributed by atoms with Gasteiger partial charge >= 0.3 is 0 Å². The van der Waals surface area contributed by atoms with Gasteiger partial charge in [-0.25, -0.2) is 15.0 Å². The van der Waals surface area contributed by atoms with Crippen LogP contribution in [0.25, 0.3) is 20.4 Å². The third-order valence-corrected chi connectivity index (χ3v) is 4.56. The Morgan fingerprint density at radius 3 is 2.86 bits per heavy atom. The van der Waals surface area contributed by atoms with E-state index in [1.807, 2.05) is 19.2 Å². The van der Waals surface area contributed by atoms with Gasteiger partial charge in [-0.15, -0.1) is 11.3 Å². The zero-order valence-corrected chi connectivity index (χ0v) is 12.4. The van der Waals surface area contributed by atoms with Crippen LogP contribution in [0.2, 0.25) is 0 Å². The molecule has 3 nitrogen and oxygen atoms in total. The Kier molecular flexibility index (Phi) is 2.89. The summed E-state index contributed by atoms with van der Waals surface area (Å²) in [4.78, 5) is 14.3. The van der Waals surface area contributed by atoms with Crippen molar-refractivity contribution in [2.45, 2.75) is 13.3 Å². The van der Waals surface area contributed by atoms with Crippen LogP contribution >= 0.6 is 11.3 Å². The number of fused-ring (bicyclic) bond motifs is 3. The number of pyridine rings is 1. The van der Waals surface area contributed by atoms with E-state index in [2.05, 4.69) is 45.3 Å². The minimum atomic E-state index is 0.899. The largest absolute Gasteiger partial charge is 0.243 e. The van der Waals surface area contributed by atoms with Crippen LogP contribution in [0.5, 0.6) is 0 Å². The Hall–Kier alpha value is -2.33. The van der Waals surface area contributed by atoms with Crippen molar-refractivity contribution in [3.05, 3.63) is 65.7 Å². The van der Waals surface area contributed by atoms with Gasteiger partial charge in [-0.3, -0.25) is 0 Å². The predicted octanol–water partition coefficient (Wildman–Crippen LogP) is 4.14. The van der Waals surface area contributed by atoms with E-state index in [9.17, 15) is 0 Å². The highest BCUT2D eigenvalue weighted by Gasteiger charge is 2.13. The fourth-order valence-electron chi connectivity index (χ4n) is 2.68. The molecule has 0 radical (unpaired) electrons. The van der Waals surface area contributed by atoms with E-state index in [4.69, 9.17) is 0 Å². The van der Waals surface area contributed by atoms with Crippen LogP contribution in [0.3, 0.4) is 0 Å². The summed E-state index contributed by atoms with van der Waals surface area (Å²) in [6.45, 7) is 2.05. The topological polar surface area (TPSA) is 38.7 Å². The van der Waals surface area contributed by atoms with Crippen LogP contribution in [0.4, 0.5) is 0 Å². The van der Waals surface area contributed by atoms with Crippen LogP contribution in [0.1, 0.15) is 16.8 Å². The van der Waals surface area contributed by atoms with E-state index in [1.165, 1.54) is 16.5 Å². The molecule has 0 saturated heterocycles. The van der Waals surface area contributed by atoms with E-state index in [1.54, 1.807) is 17.7 Å². The summed E-state index contributed by atoms with van der Waals surface area (Å²) in [5.41, 5.74) is 4.66. The van der Waals surface area contributed by atoms with Gasteiger partial charge in [0, 0.05) is 17.3 Å². The van der Waals surface area contributed by atoms with Gasteiger partial charge in [0.15, 0.2) is 0 Å². The minimum absolute atomic E-state index is 0.899. The van der Waals surface area contributed by atoms with Crippen LogP contribution in [0, 0.1) is 6.92 Å². The van der Waals surface area contributed by atoms with Gasteiger partial charge in [0.2, 0.25) is 0 Å². The average Bonchev–Trinajstić information content (AvgIpc) is 2.86. The number of hydrogen-bond donors (Lipinski definition) is 0. The molecule has 0 aliphatic heterocycles. The minimum Gasteiger partial charge on any atom is -0.243 e. The fraction of sp³-hybridized carbons (Fsp3) is 0.118. The molecule has 0 aliphatic carbocycles. The van der Waals surface area contributed by atoms with Gasteiger partial charge in [0.1, 0.15) is 11.2 Å².